The molecule has 2 heteroatoms. The van der Waals surface area contributed by atoms with Gasteiger partial charge in [0.25, 0.3) is 5.82 Å². The minimum atomic E-state index is 0.624. The summed E-state index contributed by atoms with van der Waals surface area (Å²) in [6, 6.07) is 0.624. The molecule has 1 aromatic rings. The van der Waals surface area contributed by atoms with Crippen LogP contribution in [0.3, 0.4) is 0 Å². The fraction of sp³-hybridized carbons (Fsp3) is 0.897. The first-order chi connectivity index (χ1) is 15.2. The zero-order valence-corrected chi connectivity index (χ0v) is 21.9. The van der Waals surface area contributed by atoms with Gasteiger partial charge >= 0.3 is 0 Å². The van der Waals surface area contributed by atoms with Gasteiger partial charge in [-0.25, -0.2) is 9.55 Å². The van der Waals surface area contributed by atoms with Crippen molar-refractivity contribution in [1.82, 2.24) is 4.98 Å². The predicted molar refractivity (Wildman–Crippen MR) is 138 cm³/mol. The van der Waals surface area contributed by atoms with E-state index in [9.17, 15) is 0 Å². The number of rotatable bonds is 22. The Morgan fingerprint density at radius 2 is 1.10 bits per heavy atom. The fourth-order valence-electron chi connectivity index (χ4n) is 5.07. The molecule has 2 unspecified atom stereocenters. The van der Waals surface area contributed by atoms with Gasteiger partial charge in [0, 0.05) is 0 Å². The van der Waals surface area contributed by atoms with Gasteiger partial charge in [0.2, 0.25) is 0 Å². The molecule has 0 fully saturated rings. The zero-order chi connectivity index (χ0) is 22.6. The fourth-order valence-corrected chi connectivity index (χ4v) is 5.07. The van der Waals surface area contributed by atoms with Crippen molar-refractivity contribution in [3.05, 3.63) is 18.2 Å². The summed E-state index contributed by atoms with van der Waals surface area (Å²) < 4.78 is 2.58. The van der Waals surface area contributed by atoms with Crippen molar-refractivity contribution in [2.24, 2.45) is 0 Å². The molecule has 1 N–H and O–H groups in total. The lowest BCUT2D eigenvalue weighted by Crippen LogP contribution is -2.41. The van der Waals surface area contributed by atoms with Gasteiger partial charge in [-0.05, 0) is 32.6 Å². The molecule has 0 spiro atoms. The molecule has 1 heterocycles. The molecule has 31 heavy (non-hydrogen) atoms. The molecule has 0 saturated heterocycles. The van der Waals surface area contributed by atoms with E-state index in [0.29, 0.717) is 12.0 Å². The quantitative estimate of drug-likeness (QED) is 0.139. The number of aromatic amines is 1. The van der Waals surface area contributed by atoms with Crippen molar-refractivity contribution < 1.29 is 4.57 Å². The molecular weight excluding hydrogens is 376 g/mol. The van der Waals surface area contributed by atoms with Gasteiger partial charge < -0.3 is 0 Å². The number of nitrogens with one attached hydrogen (secondary N) is 1. The first-order valence-corrected chi connectivity index (χ1v) is 14.3. The van der Waals surface area contributed by atoms with Crippen LogP contribution in [0.2, 0.25) is 0 Å². The average Bonchev–Trinajstić information content (AvgIpc) is 3.26. The smallest absolute Gasteiger partial charge is 0.247 e. The lowest BCUT2D eigenvalue weighted by molar-refractivity contribution is -0.727. The van der Waals surface area contributed by atoms with Crippen LogP contribution in [-0.2, 0) is 0 Å². The first-order valence-electron chi connectivity index (χ1n) is 14.3. The molecule has 0 aromatic carbocycles. The van der Waals surface area contributed by atoms with Gasteiger partial charge in [-0.2, -0.15) is 0 Å². The highest BCUT2D eigenvalue weighted by molar-refractivity contribution is 4.90. The van der Waals surface area contributed by atoms with E-state index in [-0.39, 0.29) is 0 Å². The maximum absolute atomic E-state index is 3.64. The third-order valence-electron chi connectivity index (χ3n) is 7.12. The number of H-pyrrole nitrogens is 1. The second-order valence-electron chi connectivity index (χ2n) is 10.1. The van der Waals surface area contributed by atoms with Crippen LogP contribution < -0.4 is 4.57 Å². The minimum Gasteiger partial charge on any atom is -0.247 e. The molecular formula is C29H57N2+. The summed E-state index contributed by atoms with van der Waals surface area (Å²) in [7, 11) is 0. The molecule has 1 aromatic heterocycles. The summed E-state index contributed by atoms with van der Waals surface area (Å²) in [5.74, 6) is 2.21. The monoisotopic (exact) mass is 433 g/mol. The van der Waals surface area contributed by atoms with Crippen molar-refractivity contribution in [2.75, 3.05) is 0 Å². The molecule has 182 valence electrons. The van der Waals surface area contributed by atoms with E-state index in [1.807, 2.05) is 0 Å². The van der Waals surface area contributed by atoms with Crippen LogP contribution in [0.5, 0.6) is 0 Å². The third-order valence-corrected chi connectivity index (χ3v) is 7.12. The van der Waals surface area contributed by atoms with Crippen LogP contribution in [-0.4, -0.2) is 4.98 Å². The number of nitrogens with zero attached hydrogens (tertiary/aromatic N) is 1. The first kappa shape index (κ1) is 28.2. The standard InChI is InChI=1S/C29H56N2/c1-5-8-10-12-14-15-17-18-20-23-27(4)31-26-25-30-29(31)28(22-7-3)24-21-19-16-13-11-9-6-2/h25-28H,5-24H2,1-4H3/p+1. The van der Waals surface area contributed by atoms with E-state index in [0.717, 1.165) is 0 Å². The van der Waals surface area contributed by atoms with Gasteiger partial charge in [-0.1, -0.05) is 124 Å². The van der Waals surface area contributed by atoms with E-state index in [1.165, 1.54) is 134 Å². The number of hydrogen-bond acceptors (Lipinski definition) is 0. The maximum Gasteiger partial charge on any atom is 0.257 e. The van der Waals surface area contributed by atoms with Crippen molar-refractivity contribution in [3.8, 4) is 0 Å². The van der Waals surface area contributed by atoms with Crippen molar-refractivity contribution in [3.63, 3.8) is 0 Å². The van der Waals surface area contributed by atoms with Crippen molar-refractivity contribution in [1.29, 1.82) is 0 Å². The van der Waals surface area contributed by atoms with Crippen LogP contribution in [0, 0.1) is 0 Å². The number of unbranched alkanes of at least 4 members (excludes halogenated alkanes) is 14. The Morgan fingerprint density at radius 3 is 1.61 bits per heavy atom. The highest BCUT2D eigenvalue weighted by Crippen LogP contribution is 2.26. The lowest BCUT2D eigenvalue weighted by atomic mass is 9.94. The van der Waals surface area contributed by atoms with Crippen LogP contribution in [0.4, 0.5) is 0 Å². The highest BCUT2D eigenvalue weighted by Gasteiger charge is 2.24. The molecule has 0 aliphatic heterocycles. The molecule has 0 bridgehead atoms. The topological polar surface area (TPSA) is 19.7 Å². The molecule has 1 rings (SSSR count). The summed E-state index contributed by atoms with van der Waals surface area (Å²) in [6.45, 7) is 9.38. The predicted octanol–water partition coefficient (Wildman–Crippen LogP) is 9.81. The Labute approximate surface area is 196 Å². The molecule has 0 amide bonds. The van der Waals surface area contributed by atoms with Gasteiger partial charge in [-0.15, -0.1) is 0 Å². The van der Waals surface area contributed by atoms with Crippen molar-refractivity contribution >= 4 is 0 Å². The summed E-state index contributed by atoms with van der Waals surface area (Å²) >= 11 is 0. The molecule has 0 saturated carbocycles. The second kappa shape index (κ2) is 19.9. The lowest BCUT2D eigenvalue weighted by Gasteiger charge is -2.16. The Balaban J connectivity index is 2.32. The summed E-state index contributed by atoms with van der Waals surface area (Å²) in [6.07, 6.45) is 32.4. The van der Waals surface area contributed by atoms with E-state index in [1.54, 1.807) is 0 Å². The van der Waals surface area contributed by atoms with Gasteiger partial charge in [0.05, 0.1) is 12.0 Å². The van der Waals surface area contributed by atoms with Crippen LogP contribution in [0.15, 0.2) is 12.4 Å². The Hall–Kier alpha value is -0.790. The summed E-state index contributed by atoms with van der Waals surface area (Å²) in [5.41, 5.74) is 0. The third kappa shape index (κ3) is 13.4. The Kier molecular flexibility index (Phi) is 18.1. The van der Waals surface area contributed by atoms with E-state index in [2.05, 4.69) is 49.6 Å². The number of aromatic nitrogens is 2. The molecule has 0 aliphatic carbocycles. The van der Waals surface area contributed by atoms with Gasteiger partial charge in [-0.3, -0.25) is 0 Å². The molecule has 0 aliphatic rings. The van der Waals surface area contributed by atoms with Crippen LogP contribution >= 0.6 is 0 Å². The zero-order valence-electron chi connectivity index (χ0n) is 21.9. The Bertz CT molecular complexity index is 493. The Morgan fingerprint density at radius 1 is 0.613 bits per heavy atom. The maximum atomic E-state index is 3.64. The van der Waals surface area contributed by atoms with Crippen LogP contribution in [0.1, 0.15) is 174 Å². The average molecular weight is 434 g/mol. The van der Waals surface area contributed by atoms with Crippen LogP contribution in [0.25, 0.3) is 0 Å². The molecule has 2 atom stereocenters. The normalized spacial score (nSPS) is 13.5. The molecule has 0 radical (unpaired) electrons. The van der Waals surface area contributed by atoms with E-state index in [4.69, 9.17) is 0 Å². The summed E-state index contributed by atoms with van der Waals surface area (Å²) in [5, 5.41) is 0. The van der Waals surface area contributed by atoms with E-state index >= 15 is 0 Å². The molecule has 2 nitrogen and oxygen atoms in total. The van der Waals surface area contributed by atoms with Gasteiger partial charge in [0.15, 0.2) is 0 Å². The largest absolute Gasteiger partial charge is 0.257 e. The summed E-state index contributed by atoms with van der Waals surface area (Å²) in [4.78, 5) is 3.64. The second-order valence-corrected chi connectivity index (χ2v) is 10.1. The number of hydrogen-bond donors (Lipinski definition) is 1. The highest BCUT2D eigenvalue weighted by atomic mass is 15.1. The van der Waals surface area contributed by atoms with E-state index < -0.39 is 0 Å². The minimum absolute atomic E-state index is 0.624. The van der Waals surface area contributed by atoms with Gasteiger partial charge in [0.1, 0.15) is 12.4 Å². The SMILES string of the molecule is CCCCCCCCCCCC(C)[n+]1cc[nH]c1C(CCC)CCCCCCCCC. The number of imidazole rings is 1. The van der Waals surface area contributed by atoms with Crippen molar-refractivity contribution in [2.45, 2.75) is 168 Å².